The van der Waals surface area contributed by atoms with Gasteiger partial charge in [-0.05, 0) is 19.3 Å². The molecule has 1 rings (SSSR count). The third-order valence-electron chi connectivity index (χ3n) is 2.29. The van der Waals surface area contributed by atoms with E-state index in [9.17, 15) is 4.79 Å². The molecule has 1 aliphatic rings. The first-order valence-corrected chi connectivity index (χ1v) is 4.63. The van der Waals surface area contributed by atoms with Gasteiger partial charge in [0, 0.05) is 13.2 Å². The zero-order valence-corrected chi connectivity index (χ0v) is 8.21. The molecule has 0 aromatic heterocycles. The monoisotopic (exact) mass is 187 g/mol. The van der Waals surface area contributed by atoms with Gasteiger partial charge in [0.1, 0.15) is 6.04 Å². The molecule has 0 aromatic carbocycles. The molecular weight excluding hydrogens is 170 g/mol. The van der Waals surface area contributed by atoms with Gasteiger partial charge in [-0.2, -0.15) is 0 Å². The topological polar surface area (TPSA) is 47.6 Å². The molecular formula is C9H17NO3. The van der Waals surface area contributed by atoms with Gasteiger partial charge >= 0.3 is 5.97 Å². The Labute approximate surface area is 78.6 Å². The average Bonchev–Trinajstić information content (AvgIpc) is 2.65. The van der Waals surface area contributed by atoms with Crippen LogP contribution in [0, 0.1) is 5.92 Å². The number of hydrogen-bond acceptors (Lipinski definition) is 4. The molecule has 13 heavy (non-hydrogen) atoms. The normalized spacial score (nSPS) is 24.3. The smallest absolute Gasteiger partial charge is 0.322 e. The molecule has 0 saturated carbocycles. The molecule has 76 valence electrons. The summed E-state index contributed by atoms with van der Waals surface area (Å²) in [7, 11) is 1.40. The summed E-state index contributed by atoms with van der Waals surface area (Å²) in [6, 6.07) is -0.217. The van der Waals surface area contributed by atoms with Gasteiger partial charge in [-0.15, -0.1) is 0 Å². The summed E-state index contributed by atoms with van der Waals surface area (Å²) in [6.07, 6.45) is 1.08. The van der Waals surface area contributed by atoms with Gasteiger partial charge in [0.25, 0.3) is 0 Å². The molecule has 0 aliphatic carbocycles. The van der Waals surface area contributed by atoms with Crippen LogP contribution in [0.3, 0.4) is 0 Å². The second-order valence-corrected chi connectivity index (χ2v) is 3.38. The van der Waals surface area contributed by atoms with Crippen LogP contribution in [0.4, 0.5) is 0 Å². The molecule has 0 aromatic rings. The van der Waals surface area contributed by atoms with E-state index in [0.29, 0.717) is 5.92 Å². The maximum atomic E-state index is 11.0. The van der Waals surface area contributed by atoms with Crippen LogP contribution < -0.4 is 5.32 Å². The van der Waals surface area contributed by atoms with Crippen molar-refractivity contribution in [2.75, 3.05) is 26.9 Å². The highest BCUT2D eigenvalue weighted by Gasteiger charge is 2.18. The van der Waals surface area contributed by atoms with Gasteiger partial charge in [0.15, 0.2) is 0 Å². The fourth-order valence-electron chi connectivity index (χ4n) is 1.35. The third-order valence-corrected chi connectivity index (χ3v) is 2.29. The summed E-state index contributed by atoms with van der Waals surface area (Å²) in [5.74, 6) is 0.339. The number of esters is 1. The molecule has 0 radical (unpaired) electrons. The fraction of sp³-hybridized carbons (Fsp3) is 0.889. The van der Waals surface area contributed by atoms with Crippen molar-refractivity contribution in [3.63, 3.8) is 0 Å². The third kappa shape index (κ3) is 3.32. The highest BCUT2D eigenvalue weighted by Crippen LogP contribution is 2.10. The SMILES string of the molecule is COC(=O)C(C)NCC1CCOC1. The maximum absolute atomic E-state index is 11.0. The zero-order valence-electron chi connectivity index (χ0n) is 8.21. The van der Waals surface area contributed by atoms with Gasteiger partial charge in [-0.1, -0.05) is 0 Å². The van der Waals surface area contributed by atoms with Crippen molar-refractivity contribution in [1.82, 2.24) is 5.32 Å². The Bertz CT molecular complexity index is 166. The molecule has 1 aliphatic heterocycles. The van der Waals surface area contributed by atoms with Crippen LogP contribution in [0.2, 0.25) is 0 Å². The summed E-state index contributed by atoms with van der Waals surface area (Å²) in [5.41, 5.74) is 0. The molecule has 4 nitrogen and oxygen atoms in total. The summed E-state index contributed by atoms with van der Waals surface area (Å²) in [5, 5.41) is 3.12. The number of hydrogen-bond donors (Lipinski definition) is 1. The summed E-state index contributed by atoms with van der Waals surface area (Å²) in [4.78, 5) is 11.0. The lowest BCUT2D eigenvalue weighted by molar-refractivity contribution is -0.142. The van der Waals surface area contributed by atoms with Crippen molar-refractivity contribution in [2.45, 2.75) is 19.4 Å². The molecule has 1 saturated heterocycles. The quantitative estimate of drug-likeness (QED) is 0.637. The standard InChI is InChI=1S/C9H17NO3/c1-7(9(11)12-2)10-5-8-3-4-13-6-8/h7-8,10H,3-6H2,1-2H3. The molecule has 0 bridgehead atoms. The maximum Gasteiger partial charge on any atom is 0.322 e. The molecule has 2 atom stereocenters. The number of ether oxygens (including phenoxy) is 2. The van der Waals surface area contributed by atoms with Crippen LogP contribution >= 0.6 is 0 Å². The minimum atomic E-state index is -0.217. The van der Waals surface area contributed by atoms with Crippen molar-refractivity contribution < 1.29 is 14.3 Å². The van der Waals surface area contributed by atoms with Crippen LogP contribution in [0.15, 0.2) is 0 Å². The Kier molecular flexibility index (Phi) is 4.18. The van der Waals surface area contributed by atoms with Crippen molar-refractivity contribution >= 4 is 5.97 Å². The van der Waals surface area contributed by atoms with E-state index in [2.05, 4.69) is 10.1 Å². The van der Waals surface area contributed by atoms with Crippen LogP contribution in [-0.4, -0.2) is 38.9 Å². The van der Waals surface area contributed by atoms with Crippen LogP contribution in [0.5, 0.6) is 0 Å². The number of carbonyl (C=O) groups is 1. The van der Waals surface area contributed by atoms with E-state index in [0.717, 1.165) is 26.2 Å². The minimum Gasteiger partial charge on any atom is -0.468 e. The first-order chi connectivity index (χ1) is 6.24. The summed E-state index contributed by atoms with van der Waals surface area (Å²) in [6.45, 7) is 4.29. The van der Waals surface area contributed by atoms with Gasteiger partial charge in [0.05, 0.1) is 13.7 Å². The lowest BCUT2D eigenvalue weighted by Crippen LogP contribution is -2.37. The van der Waals surface area contributed by atoms with Crippen LogP contribution in [0.25, 0.3) is 0 Å². The van der Waals surface area contributed by atoms with Crippen molar-refractivity contribution in [3.05, 3.63) is 0 Å². The van der Waals surface area contributed by atoms with Crippen molar-refractivity contribution in [3.8, 4) is 0 Å². The zero-order chi connectivity index (χ0) is 9.68. The molecule has 1 fully saturated rings. The lowest BCUT2D eigenvalue weighted by Gasteiger charge is -2.13. The van der Waals surface area contributed by atoms with Gasteiger partial charge in [-0.3, -0.25) is 4.79 Å². The Balaban J connectivity index is 2.13. The van der Waals surface area contributed by atoms with Gasteiger partial charge < -0.3 is 14.8 Å². The van der Waals surface area contributed by atoms with E-state index in [1.165, 1.54) is 7.11 Å². The van der Waals surface area contributed by atoms with E-state index in [-0.39, 0.29) is 12.0 Å². The predicted molar refractivity (Wildman–Crippen MR) is 48.4 cm³/mol. The number of rotatable bonds is 4. The van der Waals surface area contributed by atoms with E-state index in [4.69, 9.17) is 4.74 Å². The highest BCUT2D eigenvalue weighted by atomic mass is 16.5. The minimum absolute atomic E-state index is 0.209. The van der Waals surface area contributed by atoms with Crippen LogP contribution in [0.1, 0.15) is 13.3 Å². The first kappa shape index (κ1) is 10.5. The highest BCUT2D eigenvalue weighted by molar-refractivity contribution is 5.75. The fourth-order valence-corrected chi connectivity index (χ4v) is 1.35. The van der Waals surface area contributed by atoms with Crippen molar-refractivity contribution in [2.24, 2.45) is 5.92 Å². The molecule has 0 amide bonds. The second kappa shape index (κ2) is 5.19. The first-order valence-electron chi connectivity index (χ1n) is 4.63. The Morgan fingerprint density at radius 1 is 1.77 bits per heavy atom. The van der Waals surface area contributed by atoms with Gasteiger partial charge in [-0.25, -0.2) is 0 Å². The average molecular weight is 187 g/mol. The lowest BCUT2D eigenvalue weighted by atomic mass is 10.1. The molecule has 1 heterocycles. The van der Waals surface area contributed by atoms with Crippen LogP contribution in [-0.2, 0) is 14.3 Å². The van der Waals surface area contributed by atoms with E-state index in [1.807, 2.05) is 6.92 Å². The number of nitrogens with one attached hydrogen (secondary N) is 1. The molecule has 1 N–H and O–H groups in total. The second-order valence-electron chi connectivity index (χ2n) is 3.38. The predicted octanol–water partition coefficient (Wildman–Crippen LogP) is 0.174. The Hall–Kier alpha value is -0.610. The molecule has 4 heteroatoms. The van der Waals surface area contributed by atoms with Crippen molar-refractivity contribution in [1.29, 1.82) is 0 Å². The largest absolute Gasteiger partial charge is 0.468 e. The summed E-state index contributed by atoms with van der Waals surface area (Å²) >= 11 is 0. The number of carbonyl (C=O) groups excluding carboxylic acids is 1. The number of methoxy groups -OCH3 is 1. The molecule has 2 unspecified atom stereocenters. The van der Waals surface area contributed by atoms with E-state index in [1.54, 1.807) is 0 Å². The van der Waals surface area contributed by atoms with Gasteiger partial charge in [0.2, 0.25) is 0 Å². The molecule has 0 spiro atoms. The van der Waals surface area contributed by atoms with E-state index < -0.39 is 0 Å². The Morgan fingerprint density at radius 3 is 3.08 bits per heavy atom. The Morgan fingerprint density at radius 2 is 2.54 bits per heavy atom. The van der Waals surface area contributed by atoms with E-state index >= 15 is 0 Å². The summed E-state index contributed by atoms with van der Waals surface area (Å²) < 4.78 is 9.81.